The van der Waals surface area contributed by atoms with Gasteiger partial charge in [-0.05, 0) is 61.7 Å². The molecule has 3 aromatic carbocycles. The number of para-hydroxylation sites is 4. The van der Waals surface area contributed by atoms with Crippen LogP contribution in [0.2, 0.25) is 0 Å². The molecule has 1 amide bonds. The third-order valence-electron chi connectivity index (χ3n) is 6.71. The number of ether oxygens (including phenoxy) is 1. The number of hydrogen-bond donors (Lipinski definition) is 0. The van der Waals surface area contributed by atoms with Crippen LogP contribution in [-0.2, 0) is 11.3 Å². The summed E-state index contributed by atoms with van der Waals surface area (Å²) < 4.78 is 7.83. The molecule has 1 saturated heterocycles. The van der Waals surface area contributed by atoms with E-state index in [4.69, 9.17) is 9.72 Å². The summed E-state index contributed by atoms with van der Waals surface area (Å²) in [7, 11) is 1.64. The molecule has 0 N–H and O–H groups in total. The van der Waals surface area contributed by atoms with Gasteiger partial charge in [0.25, 0.3) is 0 Å². The standard InChI is InChI=1S/C28H29N3O2/c1-18-13-19(2)22(20(3)14-18)17-31-24-10-6-5-9-23(24)29-28(31)21-15-27(32)30(16-21)25-11-7-8-12-26(25)33-4/h5-14,21H,15-17H2,1-4H3/t21-/m0/s1. The molecule has 0 radical (unpaired) electrons. The molecule has 5 nitrogen and oxygen atoms in total. The van der Waals surface area contributed by atoms with Crippen molar-refractivity contribution < 1.29 is 9.53 Å². The normalized spacial score (nSPS) is 16.1. The largest absolute Gasteiger partial charge is 0.495 e. The van der Waals surface area contributed by atoms with Crippen LogP contribution >= 0.6 is 0 Å². The number of imidazole rings is 1. The van der Waals surface area contributed by atoms with Crippen LogP contribution in [0.1, 0.15) is 40.4 Å². The fourth-order valence-corrected chi connectivity index (χ4v) is 5.16. The minimum atomic E-state index is 0.0147. The molecule has 1 aromatic heterocycles. The van der Waals surface area contributed by atoms with Crippen LogP contribution in [0.25, 0.3) is 11.0 Å². The predicted molar refractivity (Wildman–Crippen MR) is 132 cm³/mol. The van der Waals surface area contributed by atoms with Gasteiger partial charge in [0.1, 0.15) is 11.6 Å². The van der Waals surface area contributed by atoms with Crippen LogP contribution < -0.4 is 9.64 Å². The minimum Gasteiger partial charge on any atom is -0.495 e. The first-order valence-electron chi connectivity index (χ1n) is 11.4. The van der Waals surface area contributed by atoms with Gasteiger partial charge in [0.15, 0.2) is 0 Å². The second-order valence-corrected chi connectivity index (χ2v) is 9.00. The molecule has 0 bridgehead atoms. The number of nitrogens with zero attached hydrogens (tertiary/aromatic N) is 3. The van der Waals surface area contributed by atoms with Gasteiger partial charge in [-0.15, -0.1) is 0 Å². The molecule has 1 aliphatic rings. The average molecular weight is 440 g/mol. The van der Waals surface area contributed by atoms with E-state index < -0.39 is 0 Å². The maximum atomic E-state index is 13.1. The van der Waals surface area contributed by atoms with Crippen molar-refractivity contribution in [3.05, 3.63) is 88.7 Å². The number of methoxy groups -OCH3 is 1. The zero-order chi connectivity index (χ0) is 23.1. The van der Waals surface area contributed by atoms with E-state index in [0.29, 0.717) is 18.7 Å². The van der Waals surface area contributed by atoms with E-state index in [-0.39, 0.29) is 11.8 Å². The number of aryl methyl sites for hydroxylation is 3. The Morgan fingerprint density at radius 2 is 1.70 bits per heavy atom. The second-order valence-electron chi connectivity index (χ2n) is 9.00. The van der Waals surface area contributed by atoms with E-state index in [9.17, 15) is 4.79 Å². The predicted octanol–water partition coefficient (Wildman–Crippen LogP) is 5.54. The lowest BCUT2D eigenvalue weighted by molar-refractivity contribution is -0.117. The highest BCUT2D eigenvalue weighted by molar-refractivity contribution is 5.97. The van der Waals surface area contributed by atoms with Crippen LogP contribution in [0.15, 0.2) is 60.7 Å². The van der Waals surface area contributed by atoms with Crippen LogP contribution in [0.3, 0.4) is 0 Å². The fraction of sp³-hybridized carbons (Fsp3) is 0.286. The van der Waals surface area contributed by atoms with E-state index >= 15 is 0 Å². The summed E-state index contributed by atoms with van der Waals surface area (Å²) in [4.78, 5) is 20.0. The van der Waals surface area contributed by atoms with Gasteiger partial charge in [-0.25, -0.2) is 4.98 Å². The van der Waals surface area contributed by atoms with Crippen LogP contribution in [0, 0.1) is 20.8 Å². The van der Waals surface area contributed by atoms with E-state index in [1.807, 2.05) is 35.2 Å². The van der Waals surface area contributed by atoms with E-state index in [1.165, 1.54) is 22.3 Å². The summed E-state index contributed by atoms with van der Waals surface area (Å²) in [5, 5.41) is 0. The van der Waals surface area contributed by atoms with E-state index in [2.05, 4.69) is 55.7 Å². The Morgan fingerprint density at radius 1 is 1.00 bits per heavy atom. The number of anilines is 1. The first-order chi connectivity index (χ1) is 16.0. The van der Waals surface area contributed by atoms with Crippen molar-refractivity contribution in [2.45, 2.75) is 39.7 Å². The molecular formula is C28H29N3O2. The van der Waals surface area contributed by atoms with Crippen LogP contribution in [0.4, 0.5) is 5.69 Å². The number of carbonyl (C=O) groups is 1. The van der Waals surface area contributed by atoms with Crippen molar-refractivity contribution in [1.29, 1.82) is 0 Å². The zero-order valence-corrected chi connectivity index (χ0v) is 19.6. The highest BCUT2D eigenvalue weighted by Gasteiger charge is 2.36. The van der Waals surface area contributed by atoms with Crippen molar-refractivity contribution in [1.82, 2.24) is 9.55 Å². The molecule has 0 spiro atoms. The Balaban J connectivity index is 1.56. The molecule has 0 aliphatic carbocycles. The molecular weight excluding hydrogens is 410 g/mol. The maximum Gasteiger partial charge on any atom is 0.227 e. The van der Waals surface area contributed by atoms with Gasteiger partial charge in [-0.1, -0.05) is 42.0 Å². The molecule has 4 aromatic rings. The third kappa shape index (κ3) is 3.78. The lowest BCUT2D eigenvalue weighted by Crippen LogP contribution is -2.25. The molecule has 1 aliphatic heterocycles. The Bertz CT molecular complexity index is 1330. The lowest BCUT2D eigenvalue weighted by atomic mass is 9.99. The molecule has 0 saturated carbocycles. The number of rotatable bonds is 5. The minimum absolute atomic E-state index is 0.0147. The SMILES string of the molecule is COc1ccccc1N1C[C@@H](c2nc3ccccc3n2Cc2c(C)cc(C)cc2C)CC1=O. The monoisotopic (exact) mass is 439 g/mol. The average Bonchev–Trinajstić information content (AvgIpc) is 3.36. The number of fused-ring (bicyclic) bond motifs is 1. The summed E-state index contributed by atoms with van der Waals surface area (Å²) in [6.45, 7) is 7.83. The highest BCUT2D eigenvalue weighted by Crippen LogP contribution is 2.37. The smallest absolute Gasteiger partial charge is 0.227 e. The van der Waals surface area contributed by atoms with E-state index in [1.54, 1.807) is 7.11 Å². The number of carbonyl (C=O) groups excluding carboxylic acids is 1. The van der Waals surface area contributed by atoms with Crippen LogP contribution in [0.5, 0.6) is 5.75 Å². The van der Waals surface area contributed by atoms with Gasteiger partial charge in [0.05, 0.1) is 23.8 Å². The summed E-state index contributed by atoms with van der Waals surface area (Å²) in [6, 6.07) is 20.4. The summed E-state index contributed by atoms with van der Waals surface area (Å²) in [5.74, 6) is 1.80. The van der Waals surface area contributed by atoms with Crippen molar-refractivity contribution in [3.8, 4) is 5.75 Å². The molecule has 1 atom stereocenters. The third-order valence-corrected chi connectivity index (χ3v) is 6.71. The topological polar surface area (TPSA) is 47.4 Å². The van der Waals surface area contributed by atoms with Gasteiger partial charge >= 0.3 is 0 Å². The Hall–Kier alpha value is -3.60. The summed E-state index contributed by atoms with van der Waals surface area (Å²) in [5.41, 5.74) is 8.06. The maximum absolute atomic E-state index is 13.1. The Labute approximate surface area is 194 Å². The molecule has 5 heteroatoms. The molecule has 0 unspecified atom stereocenters. The first kappa shape index (κ1) is 21.3. The van der Waals surface area contributed by atoms with Crippen LogP contribution in [-0.4, -0.2) is 29.1 Å². The van der Waals surface area contributed by atoms with Crippen molar-refractivity contribution in [2.24, 2.45) is 0 Å². The highest BCUT2D eigenvalue weighted by atomic mass is 16.5. The van der Waals surface area contributed by atoms with Gasteiger partial charge in [0, 0.05) is 25.4 Å². The Morgan fingerprint density at radius 3 is 2.45 bits per heavy atom. The molecule has 2 heterocycles. The van der Waals surface area contributed by atoms with Gasteiger partial charge in [-0.2, -0.15) is 0 Å². The van der Waals surface area contributed by atoms with Gasteiger partial charge in [-0.3, -0.25) is 4.79 Å². The van der Waals surface area contributed by atoms with Gasteiger partial charge in [0.2, 0.25) is 5.91 Å². The number of hydrogen-bond acceptors (Lipinski definition) is 3. The summed E-state index contributed by atoms with van der Waals surface area (Å²) >= 11 is 0. The van der Waals surface area contributed by atoms with Gasteiger partial charge < -0.3 is 14.2 Å². The van der Waals surface area contributed by atoms with Crippen molar-refractivity contribution >= 4 is 22.6 Å². The Kier molecular flexibility index (Phi) is 5.41. The van der Waals surface area contributed by atoms with Crippen molar-refractivity contribution in [2.75, 3.05) is 18.6 Å². The number of benzene rings is 3. The summed E-state index contributed by atoms with van der Waals surface area (Å²) in [6.07, 6.45) is 0.438. The fourth-order valence-electron chi connectivity index (χ4n) is 5.16. The molecule has 1 fully saturated rings. The molecule has 168 valence electrons. The lowest BCUT2D eigenvalue weighted by Gasteiger charge is -2.20. The second kappa shape index (κ2) is 8.39. The van der Waals surface area contributed by atoms with Crippen molar-refractivity contribution in [3.63, 3.8) is 0 Å². The number of aromatic nitrogens is 2. The zero-order valence-electron chi connectivity index (χ0n) is 19.6. The molecule has 5 rings (SSSR count). The first-order valence-corrected chi connectivity index (χ1v) is 11.4. The molecule has 33 heavy (non-hydrogen) atoms. The number of amides is 1. The van der Waals surface area contributed by atoms with E-state index in [0.717, 1.165) is 29.1 Å². The quantitative estimate of drug-likeness (QED) is 0.410.